The van der Waals surface area contributed by atoms with Gasteiger partial charge in [-0.05, 0) is 36.5 Å². The van der Waals surface area contributed by atoms with E-state index >= 15 is 0 Å². The number of nitrogens with two attached hydrogens (primary N) is 1. The molecule has 1 aromatic rings. The summed E-state index contributed by atoms with van der Waals surface area (Å²) in [7, 11) is 0. The molecule has 0 aliphatic carbocycles. The minimum absolute atomic E-state index is 0.360. The highest BCUT2D eigenvalue weighted by Crippen LogP contribution is 2.17. The molecule has 94 valence electrons. The van der Waals surface area contributed by atoms with Gasteiger partial charge in [0.2, 0.25) is 0 Å². The van der Waals surface area contributed by atoms with Crippen LogP contribution in [0.5, 0.6) is 0 Å². The van der Waals surface area contributed by atoms with Crippen LogP contribution in [0.25, 0.3) is 0 Å². The standard InChI is InChI=1S/C14H21NO2/c1-4-11-7-6-10(8-12(11)5-2)9-14(3,15)13(16)17/h6-8H,4-5,9,15H2,1-3H3,(H,16,17). The Balaban J connectivity index is 2.97. The van der Waals surface area contributed by atoms with Gasteiger partial charge >= 0.3 is 5.97 Å². The smallest absolute Gasteiger partial charge is 0.323 e. The number of aliphatic carboxylic acids is 1. The second kappa shape index (κ2) is 5.32. The molecule has 0 saturated carbocycles. The van der Waals surface area contributed by atoms with E-state index in [1.807, 2.05) is 6.07 Å². The van der Waals surface area contributed by atoms with Gasteiger partial charge in [0.1, 0.15) is 5.54 Å². The van der Waals surface area contributed by atoms with Crippen molar-refractivity contribution < 1.29 is 9.90 Å². The molecular formula is C14H21NO2. The Morgan fingerprint density at radius 1 is 1.29 bits per heavy atom. The largest absolute Gasteiger partial charge is 0.480 e. The molecule has 0 amide bonds. The Morgan fingerprint density at radius 3 is 2.35 bits per heavy atom. The third-order valence-corrected chi connectivity index (χ3v) is 3.09. The molecule has 17 heavy (non-hydrogen) atoms. The van der Waals surface area contributed by atoms with Crippen LogP contribution in [0.4, 0.5) is 0 Å². The number of hydrogen-bond donors (Lipinski definition) is 2. The lowest BCUT2D eigenvalue weighted by atomic mass is 9.91. The molecule has 3 heteroatoms. The van der Waals surface area contributed by atoms with Crippen LogP contribution in [0, 0.1) is 0 Å². The lowest BCUT2D eigenvalue weighted by molar-refractivity contribution is -0.142. The summed E-state index contributed by atoms with van der Waals surface area (Å²) in [6, 6.07) is 6.13. The highest BCUT2D eigenvalue weighted by molar-refractivity contribution is 5.78. The fraction of sp³-hybridized carbons (Fsp3) is 0.500. The molecule has 1 atom stereocenters. The average Bonchev–Trinajstić information content (AvgIpc) is 2.28. The zero-order chi connectivity index (χ0) is 13.1. The average molecular weight is 235 g/mol. The van der Waals surface area contributed by atoms with Crippen molar-refractivity contribution >= 4 is 5.97 Å². The number of hydrogen-bond acceptors (Lipinski definition) is 2. The summed E-state index contributed by atoms with van der Waals surface area (Å²) in [5, 5.41) is 9.00. The molecule has 0 heterocycles. The van der Waals surface area contributed by atoms with Gasteiger partial charge < -0.3 is 10.8 Å². The molecule has 1 unspecified atom stereocenters. The van der Waals surface area contributed by atoms with Crippen LogP contribution in [0.2, 0.25) is 0 Å². The number of carboxylic acids is 1. The van der Waals surface area contributed by atoms with Gasteiger partial charge in [-0.15, -0.1) is 0 Å². The highest BCUT2D eigenvalue weighted by atomic mass is 16.4. The summed E-state index contributed by atoms with van der Waals surface area (Å²) < 4.78 is 0. The van der Waals surface area contributed by atoms with Gasteiger partial charge in [0.05, 0.1) is 0 Å². The van der Waals surface area contributed by atoms with Gasteiger partial charge in [-0.25, -0.2) is 0 Å². The topological polar surface area (TPSA) is 63.3 Å². The van der Waals surface area contributed by atoms with Crippen LogP contribution < -0.4 is 5.73 Å². The second-order valence-corrected chi connectivity index (χ2v) is 4.71. The molecule has 0 saturated heterocycles. The summed E-state index contributed by atoms with van der Waals surface area (Å²) in [5.74, 6) is -0.963. The van der Waals surface area contributed by atoms with Crippen molar-refractivity contribution in [3.8, 4) is 0 Å². The molecule has 0 fully saturated rings. The SMILES string of the molecule is CCc1ccc(CC(C)(N)C(=O)O)cc1CC. The Morgan fingerprint density at radius 2 is 1.88 bits per heavy atom. The first kappa shape index (κ1) is 13.7. The van der Waals surface area contributed by atoms with Crippen LogP contribution in [-0.2, 0) is 24.1 Å². The molecule has 3 N–H and O–H groups in total. The fourth-order valence-corrected chi connectivity index (χ4v) is 1.96. The molecule has 0 spiro atoms. The van der Waals surface area contributed by atoms with Crippen molar-refractivity contribution in [3.63, 3.8) is 0 Å². The van der Waals surface area contributed by atoms with E-state index in [1.165, 1.54) is 11.1 Å². The summed E-state index contributed by atoms with van der Waals surface area (Å²) >= 11 is 0. The number of carbonyl (C=O) groups is 1. The first-order valence-corrected chi connectivity index (χ1v) is 6.03. The monoisotopic (exact) mass is 235 g/mol. The molecule has 0 aliphatic rings. The zero-order valence-electron chi connectivity index (χ0n) is 10.8. The van der Waals surface area contributed by atoms with Crippen molar-refractivity contribution in [1.29, 1.82) is 0 Å². The molecule has 3 nitrogen and oxygen atoms in total. The number of rotatable bonds is 5. The van der Waals surface area contributed by atoms with Crippen molar-refractivity contribution in [2.75, 3.05) is 0 Å². The molecule has 0 radical (unpaired) electrons. The number of benzene rings is 1. The third-order valence-electron chi connectivity index (χ3n) is 3.09. The van der Waals surface area contributed by atoms with Gasteiger partial charge in [-0.2, -0.15) is 0 Å². The Bertz CT molecular complexity index is 411. The maximum absolute atomic E-state index is 11.0. The summed E-state index contributed by atoms with van der Waals surface area (Å²) in [6.07, 6.45) is 2.33. The van der Waals surface area contributed by atoms with E-state index in [0.29, 0.717) is 6.42 Å². The predicted molar refractivity (Wildman–Crippen MR) is 69.1 cm³/mol. The maximum Gasteiger partial charge on any atom is 0.323 e. The Kier molecular flexibility index (Phi) is 4.29. The molecular weight excluding hydrogens is 214 g/mol. The van der Waals surface area contributed by atoms with E-state index in [2.05, 4.69) is 26.0 Å². The van der Waals surface area contributed by atoms with Crippen LogP contribution in [0.3, 0.4) is 0 Å². The van der Waals surface area contributed by atoms with E-state index in [9.17, 15) is 4.79 Å². The van der Waals surface area contributed by atoms with Crippen molar-refractivity contribution in [3.05, 3.63) is 34.9 Å². The lowest BCUT2D eigenvalue weighted by Gasteiger charge is -2.20. The zero-order valence-corrected chi connectivity index (χ0v) is 10.8. The normalized spacial score (nSPS) is 14.4. The number of aryl methyl sites for hydroxylation is 2. The van der Waals surface area contributed by atoms with E-state index < -0.39 is 11.5 Å². The molecule has 0 aliphatic heterocycles. The number of carboxylic acid groups (broad SMARTS) is 1. The van der Waals surface area contributed by atoms with Crippen molar-refractivity contribution in [2.45, 2.75) is 45.6 Å². The van der Waals surface area contributed by atoms with E-state index in [1.54, 1.807) is 6.92 Å². The van der Waals surface area contributed by atoms with Crippen LogP contribution in [-0.4, -0.2) is 16.6 Å². The third kappa shape index (κ3) is 3.30. The van der Waals surface area contributed by atoms with Gasteiger partial charge in [0.25, 0.3) is 0 Å². The van der Waals surface area contributed by atoms with Crippen LogP contribution in [0.15, 0.2) is 18.2 Å². The second-order valence-electron chi connectivity index (χ2n) is 4.71. The highest BCUT2D eigenvalue weighted by Gasteiger charge is 2.28. The first-order valence-electron chi connectivity index (χ1n) is 6.03. The van der Waals surface area contributed by atoms with Gasteiger partial charge in [-0.1, -0.05) is 32.0 Å². The van der Waals surface area contributed by atoms with Gasteiger partial charge in [-0.3, -0.25) is 4.79 Å². The van der Waals surface area contributed by atoms with Gasteiger partial charge in [0, 0.05) is 6.42 Å². The van der Waals surface area contributed by atoms with E-state index in [-0.39, 0.29) is 0 Å². The summed E-state index contributed by atoms with van der Waals surface area (Å²) in [4.78, 5) is 11.0. The maximum atomic E-state index is 11.0. The molecule has 1 rings (SSSR count). The van der Waals surface area contributed by atoms with E-state index in [0.717, 1.165) is 18.4 Å². The van der Waals surface area contributed by atoms with Crippen LogP contribution >= 0.6 is 0 Å². The Labute approximate surface area is 103 Å². The Hall–Kier alpha value is -1.35. The lowest BCUT2D eigenvalue weighted by Crippen LogP contribution is -2.46. The first-order chi connectivity index (χ1) is 7.90. The minimum Gasteiger partial charge on any atom is -0.480 e. The molecule has 0 aromatic heterocycles. The van der Waals surface area contributed by atoms with Crippen LogP contribution in [0.1, 0.15) is 37.5 Å². The quantitative estimate of drug-likeness (QED) is 0.822. The molecule has 0 bridgehead atoms. The summed E-state index contributed by atoms with van der Waals surface area (Å²) in [5.41, 5.74) is 8.16. The predicted octanol–water partition coefficient (Wildman–Crippen LogP) is 2.16. The van der Waals surface area contributed by atoms with E-state index in [4.69, 9.17) is 10.8 Å². The summed E-state index contributed by atoms with van der Waals surface area (Å²) in [6.45, 7) is 5.78. The minimum atomic E-state index is -1.20. The van der Waals surface area contributed by atoms with Crippen molar-refractivity contribution in [2.24, 2.45) is 5.73 Å². The van der Waals surface area contributed by atoms with Crippen molar-refractivity contribution in [1.82, 2.24) is 0 Å². The van der Waals surface area contributed by atoms with Gasteiger partial charge in [0.15, 0.2) is 0 Å². The molecule has 1 aromatic carbocycles. The fourth-order valence-electron chi connectivity index (χ4n) is 1.96.